The van der Waals surface area contributed by atoms with Gasteiger partial charge in [0.05, 0.1) is 0 Å². The van der Waals surface area contributed by atoms with Gasteiger partial charge in [-0.15, -0.1) is 0 Å². The van der Waals surface area contributed by atoms with Crippen molar-refractivity contribution in [2.24, 2.45) is 11.8 Å². The minimum atomic E-state index is 0.137. The standard InChI is InChI=1S/C18H31N3/c1-14(2)15-8-11-21(12-9-15)17-16(7-6-10-19-17)13-20-18(3,4)5/h6-7,10,14-15,20H,8-9,11-13H2,1-5H3. The first-order valence-corrected chi connectivity index (χ1v) is 8.30. The first-order chi connectivity index (χ1) is 9.87. The monoisotopic (exact) mass is 289 g/mol. The van der Waals surface area contributed by atoms with Crippen molar-refractivity contribution in [1.29, 1.82) is 0 Å². The number of nitrogens with zero attached hydrogens (tertiary/aromatic N) is 2. The van der Waals surface area contributed by atoms with Gasteiger partial charge in [0, 0.05) is 36.9 Å². The van der Waals surface area contributed by atoms with Gasteiger partial charge in [-0.1, -0.05) is 19.9 Å². The molecule has 1 aromatic heterocycles. The summed E-state index contributed by atoms with van der Waals surface area (Å²) in [6, 6.07) is 4.25. The van der Waals surface area contributed by atoms with Crippen LogP contribution in [-0.4, -0.2) is 23.6 Å². The van der Waals surface area contributed by atoms with Gasteiger partial charge in [0.1, 0.15) is 5.82 Å². The summed E-state index contributed by atoms with van der Waals surface area (Å²) in [7, 11) is 0. The van der Waals surface area contributed by atoms with E-state index in [0.717, 1.165) is 31.5 Å². The van der Waals surface area contributed by atoms with Crippen LogP contribution in [0.4, 0.5) is 5.82 Å². The van der Waals surface area contributed by atoms with Crippen LogP contribution in [-0.2, 0) is 6.54 Å². The Morgan fingerprint density at radius 2 is 1.95 bits per heavy atom. The second-order valence-corrected chi connectivity index (χ2v) is 7.66. The van der Waals surface area contributed by atoms with Crippen LogP contribution in [0.25, 0.3) is 0 Å². The van der Waals surface area contributed by atoms with Crippen molar-refractivity contribution >= 4 is 5.82 Å². The molecule has 1 fully saturated rings. The van der Waals surface area contributed by atoms with Crippen LogP contribution in [0.1, 0.15) is 53.0 Å². The summed E-state index contributed by atoms with van der Waals surface area (Å²) < 4.78 is 0. The number of piperidine rings is 1. The van der Waals surface area contributed by atoms with Crippen LogP contribution in [0, 0.1) is 11.8 Å². The Morgan fingerprint density at radius 3 is 2.52 bits per heavy atom. The van der Waals surface area contributed by atoms with Crippen molar-refractivity contribution in [2.75, 3.05) is 18.0 Å². The third-order valence-electron chi connectivity index (χ3n) is 4.46. The van der Waals surface area contributed by atoms with Crippen LogP contribution in [0.3, 0.4) is 0 Å². The highest BCUT2D eigenvalue weighted by molar-refractivity contribution is 5.47. The topological polar surface area (TPSA) is 28.2 Å². The van der Waals surface area contributed by atoms with Crippen molar-refractivity contribution in [3.8, 4) is 0 Å². The maximum Gasteiger partial charge on any atom is 0.133 e. The molecule has 3 nitrogen and oxygen atoms in total. The van der Waals surface area contributed by atoms with Crippen LogP contribution >= 0.6 is 0 Å². The third kappa shape index (κ3) is 4.70. The molecule has 0 aromatic carbocycles. The molecule has 0 atom stereocenters. The van der Waals surface area contributed by atoms with Crippen molar-refractivity contribution < 1.29 is 0 Å². The van der Waals surface area contributed by atoms with Crippen molar-refractivity contribution in [3.05, 3.63) is 23.9 Å². The van der Waals surface area contributed by atoms with Crippen molar-refractivity contribution in [2.45, 2.75) is 59.5 Å². The molecule has 1 N–H and O–H groups in total. The molecule has 0 bridgehead atoms. The highest BCUT2D eigenvalue weighted by Gasteiger charge is 2.23. The molecule has 0 unspecified atom stereocenters. The summed E-state index contributed by atoms with van der Waals surface area (Å²) in [5.41, 5.74) is 1.45. The van der Waals surface area contributed by atoms with Crippen LogP contribution in [0.2, 0.25) is 0 Å². The molecule has 0 radical (unpaired) electrons. The second kappa shape index (κ2) is 6.78. The number of anilines is 1. The van der Waals surface area contributed by atoms with Gasteiger partial charge in [-0.25, -0.2) is 4.98 Å². The Bertz CT molecular complexity index is 440. The zero-order valence-electron chi connectivity index (χ0n) is 14.3. The number of hydrogen-bond acceptors (Lipinski definition) is 3. The van der Waals surface area contributed by atoms with Gasteiger partial charge in [-0.05, 0) is 51.5 Å². The van der Waals surface area contributed by atoms with Crippen molar-refractivity contribution in [3.63, 3.8) is 0 Å². The smallest absolute Gasteiger partial charge is 0.133 e. The molecule has 21 heavy (non-hydrogen) atoms. The Morgan fingerprint density at radius 1 is 1.29 bits per heavy atom. The molecule has 0 saturated carbocycles. The molecule has 1 aromatic rings. The van der Waals surface area contributed by atoms with Gasteiger partial charge in [0.25, 0.3) is 0 Å². The molecular formula is C18H31N3. The van der Waals surface area contributed by atoms with Crippen LogP contribution in [0.15, 0.2) is 18.3 Å². The first-order valence-electron chi connectivity index (χ1n) is 8.30. The number of aromatic nitrogens is 1. The Hall–Kier alpha value is -1.09. The predicted molar refractivity (Wildman–Crippen MR) is 90.6 cm³/mol. The lowest BCUT2D eigenvalue weighted by molar-refractivity contribution is 0.310. The lowest BCUT2D eigenvalue weighted by atomic mass is 9.86. The van der Waals surface area contributed by atoms with Gasteiger partial charge < -0.3 is 10.2 Å². The third-order valence-corrected chi connectivity index (χ3v) is 4.46. The Kier molecular flexibility index (Phi) is 5.26. The van der Waals surface area contributed by atoms with Gasteiger partial charge in [-0.2, -0.15) is 0 Å². The average Bonchev–Trinajstić information content (AvgIpc) is 2.45. The normalized spacial score (nSPS) is 17.5. The second-order valence-electron chi connectivity index (χ2n) is 7.66. The highest BCUT2D eigenvalue weighted by Crippen LogP contribution is 2.28. The zero-order valence-corrected chi connectivity index (χ0v) is 14.3. The Balaban J connectivity index is 2.03. The molecule has 118 valence electrons. The SMILES string of the molecule is CC(C)C1CCN(c2ncccc2CNC(C)(C)C)CC1. The molecule has 0 aliphatic carbocycles. The van der Waals surface area contributed by atoms with E-state index in [1.807, 2.05) is 12.3 Å². The van der Waals surface area contributed by atoms with Crippen LogP contribution < -0.4 is 10.2 Å². The van der Waals surface area contributed by atoms with Gasteiger partial charge in [0.15, 0.2) is 0 Å². The molecule has 2 rings (SSSR count). The molecule has 1 saturated heterocycles. The van der Waals surface area contributed by atoms with Crippen molar-refractivity contribution in [1.82, 2.24) is 10.3 Å². The van der Waals surface area contributed by atoms with E-state index in [9.17, 15) is 0 Å². The highest BCUT2D eigenvalue weighted by atomic mass is 15.2. The van der Waals surface area contributed by atoms with Crippen LogP contribution in [0.5, 0.6) is 0 Å². The van der Waals surface area contributed by atoms with E-state index in [2.05, 4.69) is 55.9 Å². The minimum Gasteiger partial charge on any atom is -0.356 e. The number of hydrogen-bond donors (Lipinski definition) is 1. The maximum atomic E-state index is 4.66. The fraction of sp³-hybridized carbons (Fsp3) is 0.722. The quantitative estimate of drug-likeness (QED) is 0.912. The van der Waals surface area contributed by atoms with E-state index >= 15 is 0 Å². The first kappa shape index (κ1) is 16.3. The Labute approximate surface area is 130 Å². The summed E-state index contributed by atoms with van der Waals surface area (Å²) in [6.07, 6.45) is 4.51. The van der Waals surface area contributed by atoms with Gasteiger partial charge in [0.2, 0.25) is 0 Å². The van der Waals surface area contributed by atoms with E-state index in [1.165, 1.54) is 24.2 Å². The summed E-state index contributed by atoms with van der Waals surface area (Å²) in [6.45, 7) is 14.5. The van der Waals surface area contributed by atoms with E-state index in [-0.39, 0.29) is 5.54 Å². The average molecular weight is 289 g/mol. The van der Waals surface area contributed by atoms with Gasteiger partial charge in [-0.3, -0.25) is 0 Å². The lowest BCUT2D eigenvalue weighted by Crippen LogP contribution is -2.38. The van der Waals surface area contributed by atoms with E-state index in [4.69, 9.17) is 0 Å². The molecule has 0 spiro atoms. The summed E-state index contributed by atoms with van der Waals surface area (Å²) in [4.78, 5) is 7.13. The summed E-state index contributed by atoms with van der Waals surface area (Å²) in [5, 5.41) is 3.58. The van der Waals surface area contributed by atoms with E-state index in [0.29, 0.717) is 0 Å². The summed E-state index contributed by atoms with van der Waals surface area (Å²) in [5.74, 6) is 2.86. The molecule has 3 heteroatoms. The van der Waals surface area contributed by atoms with Gasteiger partial charge >= 0.3 is 0 Å². The maximum absolute atomic E-state index is 4.66. The lowest BCUT2D eigenvalue weighted by Gasteiger charge is -2.35. The summed E-state index contributed by atoms with van der Waals surface area (Å²) >= 11 is 0. The fourth-order valence-electron chi connectivity index (χ4n) is 2.99. The minimum absolute atomic E-state index is 0.137. The molecule has 0 amide bonds. The molecule has 2 heterocycles. The largest absolute Gasteiger partial charge is 0.356 e. The molecule has 1 aliphatic rings. The van der Waals surface area contributed by atoms with E-state index < -0.39 is 0 Å². The fourth-order valence-corrected chi connectivity index (χ4v) is 2.99. The molecule has 1 aliphatic heterocycles. The number of rotatable bonds is 4. The molecular weight excluding hydrogens is 258 g/mol. The predicted octanol–water partition coefficient (Wildman–Crippen LogP) is 3.84. The zero-order chi connectivity index (χ0) is 15.5. The van der Waals surface area contributed by atoms with E-state index in [1.54, 1.807) is 0 Å². The number of pyridine rings is 1. The number of nitrogens with one attached hydrogen (secondary N) is 1.